The van der Waals surface area contributed by atoms with Crippen LogP contribution in [-0.4, -0.2) is 50.5 Å². The van der Waals surface area contributed by atoms with Crippen molar-refractivity contribution in [1.29, 1.82) is 0 Å². The monoisotopic (exact) mass is 493 g/mol. The highest BCUT2D eigenvalue weighted by Gasteiger charge is 2.28. The Bertz CT molecular complexity index is 1010. The second kappa shape index (κ2) is 12.6. The molecular formula is C24H32ClN3O4S. The fourth-order valence-corrected chi connectivity index (χ4v) is 4.69. The van der Waals surface area contributed by atoms with Gasteiger partial charge in [-0.3, -0.25) is 13.9 Å². The second-order valence-electron chi connectivity index (χ2n) is 7.74. The summed E-state index contributed by atoms with van der Waals surface area (Å²) < 4.78 is 25.9. The van der Waals surface area contributed by atoms with Gasteiger partial charge >= 0.3 is 0 Å². The van der Waals surface area contributed by atoms with E-state index >= 15 is 0 Å². The number of carbonyl (C=O) groups excluding carboxylic acids is 2. The Labute approximate surface area is 201 Å². The number of benzene rings is 2. The van der Waals surface area contributed by atoms with Crippen LogP contribution < -0.4 is 9.62 Å². The molecule has 0 radical (unpaired) electrons. The van der Waals surface area contributed by atoms with E-state index in [0.717, 1.165) is 11.8 Å². The van der Waals surface area contributed by atoms with Crippen molar-refractivity contribution in [2.24, 2.45) is 0 Å². The molecule has 1 atom stereocenters. The SMILES string of the molecule is CCNC(=O)[C@@H](CC)N(Cc1ccc(Cl)cc1)C(=O)CCCN(c1ccccc1)S(C)(=O)=O. The summed E-state index contributed by atoms with van der Waals surface area (Å²) in [7, 11) is -3.50. The van der Waals surface area contributed by atoms with Gasteiger partial charge in [-0.25, -0.2) is 8.42 Å². The average molecular weight is 494 g/mol. The van der Waals surface area contributed by atoms with E-state index in [-0.39, 0.29) is 31.3 Å². The molecule has 7 nitrogen and oxygen atoms in total. The minimum atomic E-state index is -3.50. The molecule has 2 aromatic rings. The number of rotatable bonds is 12. The summed E-state index contributed by atoms with van der Waals surface area (Å²) in [6, 6.07) is 15.3. The average Bonchev–Trinajstić information content (AvgIpc) is 2.77. The molecule has 0 bridgehead atoms. The van der Waals surface area contributed by atoms with E-state index < -0.39 is 16.1 Å². The summed E-state index contributed by atoms with van der Waals surface area (Å²) in [6.07, 6.45) is 2.05. The van der Waals surface area contributed by atoms with Crippen LogP contribution in [-0.2, 0) is 26.2 Å². The maximum atomic E-state index is 13.2. The Morgan fingerprint density at radius 2 is 1.67 bits per heavy atom. The van der Waals surface area contributed by atoms with E-state index in [4.69, 9.17) is 11.6 Å². The van der Waals surface area contributed by atoms with Crippen LogP contribution >= 0.6 is 11.6 Å². The van der Waals surface area contributed by atoms with E-state index in [1.807, 2.05) is 32.0 Å². The molecule has 0 fully saturated rings. The lowest BCUT2D eigenvalue weighted by Gasteiger charge is -2.31. The number of amides is 2. The zero-order valence-corrected chi connectivity index (χ0v) is 20.9. The fourth-order valence-electron chi connectivity index (χ4n) is 3.60. The number of sulfonamides is 1. The summed E-state index contributed by atoms with van der Waals surface area (Å²) in [5, 5.41) is 3.39. The van der Waals surface area contributed by atoms with Gasteiger partial charge < -0.3 is 10.2 Å². The minimum Gasteiger partial charge on any atom is -0.355 e. The van der Waals surface area contributed by atoms with Gasteiger partial charge in [0.2, 0.25) is 21.8 Å². The van der Waals surface area contributed by atoms with Crippen molar-refractivity contribution in [2.45, 2.75) is 45.7 Å². The van der Waals surface area contributed by atoms with Crippen LogP contribution in [0.15, 0.2) is 54.6 Å². The van der Waals surface area contributed by atoms with Crippen LogP contribution in [0.4, 0.5) is 5.69 Å². The number of likely N-dealkylation sites (N-methyl/N-ethyl adjacent to an activating group) is 1. The molecule has 0 aliphatic rings. The first-order valence-corrected chi connectivity index (χ1v) is 13.2. The van der Waals surface area contributed by atoms with E-state index in [1.54, 1.807) is 41.3 Å². The van der Waals surface area contributed by atoms with Crippen LogP contribution in [0, 0.1) is 0 Å². The maximum absolute atomic E-state index is 13.2. The predicted octanol–water partition coefficient (Wildman–Crippen LogP) is 3.83. The van der Waals surface area contributed by atoms with Crippen molar-refractivity contribution in [3.8, 4) is 0 Å². The maximum Gasteiger partial charge on any atom is 0.242 e. The number of halogens is 1. The van der Waals surface area contributed by atoms with Gasteiger partial charge in [0.15, 0.2) is 0 Å². The van der Waals surface area contributed by atoms with Crippen LogP contribution in [0.25, 0.3) is 0 Å². The smallest absolute Gasteiger partial charge is 0.242 e. The molecule has 0 unspecified atom stereocenters. The molecule has 2 aromatic carbocycles. The van der Waals surface area contributed by atoms with Crippen LogP contribution in [0.3, 0.4) is 0 Å². The zero-order chi connectivity index (χ0) is 24.4. The lowest BCUT2D eigenvalue weighted by Crippen LogP contribution is -2.49. The highest BCUT2D eigenvalue weighted by molar-refractivity contribution is 7.92. The molecule has 1 N–H and O–H groups in total. The highest BCUT2D eigenvalue weighted by Crippen LogP contribution is 2.19. The summed E-state index contributed by atoms with van der Waals surface area (Å²) in [5.74, 6) is -0.408. The third kappa shape index (κ3) is 8.05. The molecule has 0 spiro atoms. The quantitative estimate of drug-likeness (QED) is 0.486. The molecule has 33 heavy (non-hydrogen) atoms. The molecular weight excluding hydrogens is 462 g/mol. The first kappa shape index (κ1) is 26.7. The van der Waals surface area contributed by atoms with Crippen molar-refractivity contribution in [2.75, 3.05) is 23.7 Å². The molecule has 0 aliphatic carbocycles. The highest BCUT2D eigenvalue weighted by atomic mass is 35.5. The van der Waals surface area contributed by atoms with E-state index in [1.165, 1.54) is 4.31 Å². The van der Waals surface area contributed by atoms with Gasteiger partial charge in [-0.1, -0.05) is 48.9 Å². The summed E-state index contributed by atoms with van der Waals surface area (Å²) in [6.45, 7) is 4.60. The first-order valence-electron chi connectivity index (χ1n) is 11.0. The van der Waals surface area contributed by atoms with Crippen LogP contribution in [0.5, 0.6) is 0 Å². The van der Waals surface area contributed by atoms with E-state index in [0.29, 0.717) is 30.1 Å². The van der Waals surface area contributed by atoms with Gasteiger partial charge in [-0.05, 0) is 49.6 Å². The number of para-hydroxylation sites is 1. The van der Waals surface area contributed by atoms with Gasteiger partial charge in [0.1, 0.15) is 6.04 Å². The molecule has 0 heterocycles. The Balaban J connectivity index is 2.17. The molecule has 0 saturated heterocycles. The van der Waals surface area contributed by atoms with Crippen molar-refractivity contribution < 1.29 is 18.0 Å². The number of hydrogen-bond donors (Lipinski definition) is 1. The van der Waals surface area contributed by atoms with Gasteiger partial charge in [0.25, 0.3) is 0 Å². The number of hydrogen-bond acceptors (Lipinski definition) is 4. The fraction of sp³-hybridized carbons (Fsp3) is 0.417. The van der Waals surface area contributed by atoms with Gasteiger partial charge in [-0.2, -0.15) is 0 Å². The van der Waals surface area contributed by atoms with Gasteiger partial charge in [-0.15, -0.1) is 0 Å². The van der Waals surface area contributed by atoms with Crippen LogP contribution in [0.1, 0.15) is 38.7 Å². The normalized spacial score (nSPS) is 12.1. The Morgan fingerprint density at radius 3 is 2.21 bits per heavy atom. The summed E-state index contributed by atoms with van der Waals surface area (Å²) in [4.78, 5) is 27.5. The summed E-state index contributed by atoms with van der Waals surface area (Å²) >= 11 is 5.98. The number of nitrogens with one attached hydrogen (secondary N) is 1. The standard InChI is InChI=1S/C24H32ClN3O4S/c1-4-22(24(30)26-5-2)27(18-19-13-15-20(25)16-14-19)23(29)12-9-17-28(33(3,31)32)21-10-7-6-8-11-21/h6-8,10-11,13-16,22H,4-5,9,12,17-18H2,1-3H3,(H,26,30)/t22-/m1/s1. The Kier molecular flexibility index (Phi) is 10.2. The predicted molar refractivity (Wildman–Crippen MR) is 133 cm³/mol. The number of anilines is 1. The second-order valence-corrected chi connectivity index (χ2v) is 10.1. The third-order valence-electron chi connectivity index (χ3n) is 5.20. The third-order valence-corrected chi connectivity index (χ3v) is 6.65. The molecule has 2 rings (SSSR count). The largest absolute Gasteiger partial charge is 0.355 e. The van der Waals surface area contributed by atoms with Gasteiger partial charge in [0, 0.05) is 31.1 Å². The number of carbonyl (C=O) groups is 2. The minimum absolute atomic E-state index is 0.113. The van der Waals surface area contributed by atoms with Crippen LogP contribution in [0.2, 0.25) is 5.02 Å². The van der Waals surface area contributed by atoms with Gasteiger partial charge in [0.05, 0.1) is 11.9 Å². The first-order chi connectivity index (χ1) is 15.7. The lowest BCUT2D eigenvalue weighted by molar-refractivity contribution is -0.141. The molecule has 0 aliphatic heterocycles. The lowest BCUT2D eigenvalue weighted by atomic mass is 10.1. The molecule has 180 valence electrons. The summed E-state index contributed by atoms with van der Waals surface area (Å²) in [5.41, 5.74) is 1.41. The van der Waals surface area contributed by atoms with Crippen molar-refractivity contribution in [3.05, 3.63) is 65.2 Å². The van der Waals surface area contributed by atoms with Crippen molar-refractivity contribution >= 4 is 39.1 Å². The van der Waals surface area contributed by atoms with Crippen molar-refractivity contribution in [1.82, 2.24) is 10.2 Å². The Hall–Kier alpha value is -2.58. The molecule has 9 heteroatoms. The Morgan fingerprint density at radius 1 is 1.03 bits per heavy atom. The van der Waals surface area contributed by atoms with E-state index in [2.05, 4.69) is 5.32 Å². The topological polar surface area (TPSA) is 86.8 Å². The number of nitrogens with zero attached hydrogens (tertiary/aromatic N) is 2. The zero-order valence-electron chi connectivity index (χ0n) is 19.3. The molecule has 0 saturated carbocycles. The van der Waals surface area contributed by atoms with E-state index in [9.17, 15) is 18.0 Å². The van der Waals surface area contributed by atoms with Crippen molar-refractivity contribution in [3.63, 3.8) is 0 Å². The molecule has 2 amide bonds. The molecule has 0 aromatic heterocycles.